The number of hydrogen-bond acceptors (Lipinski definition) is 6. The molecule has 1 aromatic carbocycles. The van der Waals surface area contributed by atoms with E-state index in [4.69, 9.17) is 4.74 Å². The smallest absolute Gasteiger partial charge is 0.243 e. The van der Waals surface area contributed by atoms with Crippen LogP contribution in [0.4, 0.5) is 5.82 Å². The number of imidazole rings is 1. The Hall–Kier alpha value is -3.42. The fourth-order valence-electron chi connectivity index (χ4n) is 3.44. The Bertz CT molecular complexity index is 999. The number of carbonyl (C=O) groups is 1. The lowest BCUT2D eigenvalue weighted by atomic mass is 10.2. The molecule has 0 saturated carbocycles. The zero-order chi connectivity index (χ0) is 19.3. The molecule has 4 rings (SSSR count). The molecule has 8 nitrogen and oxygen atoms in total. The number of ether oxygens (including phenoxy) is 1. The van der Waals surface area contributed by atoms with Crippen molar-refractivity contribution in [2.24, 2.45) is 0 Å². The van der Waals surface area contributed by atoms with Crippen molar-refractivity contribution >= 4 is 29.0 Å². The SMILES string of the molecule is CNC(=O)C=Cc1ccccc1OC[C@H]1CCCN1c1ncnc2nc[nH]c12. The van der Waals surface area contributed by atoms with Crippen LogP contribution in [0.1, 0.15) is 18.4 Å². The Morgan fingerprint density at radius 2 is 2.25 bits per heavy atom. The highest BCUT2D eigenvalue weighted by Crippen LogP contribution is 2.29. The molecule has 0 bridgehead atoms. The summed E-state index contributed by atoms with van der Waals surface area (Å²) >= 11 is 0. The molecule has 1 aliphatic rings. The van der Waals surface area contributed by atoms with Crippen LogP contribution in [-0.2, 0) is 4.79 Å². The molecule has 1 amide bonds. The van der Waals surface area contributed by atoms with Crippen LogP contribution in [0.25, 0.3) is 17.2 Å². The maximum Gasteiger partial charge on any atom is 0.243 e. The summed E-state index contributed by atoms with van der Waals surface area (Å²) < 4.78 is 6.14. The van der Waals surface area contributed by atoms with Gasteiger partial charge < -0.3 is 19.9 Å². The predicted octanol–water partition coefficient (Wildman–Crippen LogP) is 2.16. The van der Waals surface area contributed by atoms with Gasteiger partial charge >= 0.3 is 0 Å². The number of para-hydroxylation sites is 1. The number of nitrogens with zero attached hydrogens (tertiary/aromatic N) is 4. The maximum absolute atomic E-state index is 11.5. The van der Waals surface area contributed by atoms with Crippen LogP contribution in [0.5, 0.6) is 5.75 Å². The zero-order valence-corrected chi connectivity index (χ0v) is 15.6. The molecule has 2 N–H and O–H groups in total. The number of aromatic nitrogens is 4. The Labute approximate surface area is 162 Å². The quantitative estimate of drug-likeness (QED) is 0.638. The Morgan fingerprint density at radius 3 is 3.14 bits per heavy atom. The number of fused-ring (bicyclic) bond motifs is 1. The highest BCUT2D eigenvalue weighted by atomic mass is 16.5. The van der Waals surface area contributed by atoms with E-state index in [-0.39, 0.29) is 11.9 Å². The molecule has 1 saturated heterocycles. The summed E-state index contributed by atoms with van der Waals surface area (Å²) in [5.74, 6) is 1.47. The summed E-state index contributed by atoms with van der Waals surface area (Å²) in [6, 6.07) is 7.91. The minimum absolute atomic E-state index is 0.149. The van der Waals surface area contributed by atoms with Gasteiger partial charge in [0.25, 0.3) is 0 Å². The molecule has 0 radical (unpaired) electrons. The van der Waals surface area contributed by atoms with Gasteiger partial charge in [0.1, 0.15) is 24.2 Å². The number of aromatic amines is 1. The van der Waals surface area contributed by atoms with Crippen LogP contribution in [0.15, 0.2) is 43.0 Å². The Balaban J connectivity index is 1.50. The summed E-state index contributed by atoms with van der Waals surface area (Å²) in [6.45, 7) is 1.45. The summed E-state index contributed by atoms with van der Waals surface area (Å²) in [5.41, 5.74) is 2.39. The second-order valence-electron chi connectivity index (χ2n) is 6.58. The number of rotatable bonds is 6. The molecular formula is C20H22N6O2. The van der Waals surface area contributed by atoms with Gasteiger partial charge in [0.2, 0.25) is 5.91 Å². The van der Waals surface area contributed by atoms with Gasteiger partial charge in [0.05, 0.1) is 12.4 Å². The van der Waals surface area contributed by atoms with Crippen LogP contribution in [0.2, 0.25) is 0 Å². The number of benzene rings is 1. The number of carbonyl (C=O) groups excluding carboxylic acids is 1. The van der Waals surface area contributed by atoms with Gasteiger partial charge in [-0.25, -0.2) is 15.0 Å². The van der Waals surface area contributed by atoms with Crippen LogP contribution in [0, 0.1) is 0 Å². The molecule has 1 atom stereocenters. The van der Waals surface area contributed by atoms with Crippen LogP contribution in [-0.4, -0.2) is 52.1 Å². The topological polar surface area (TPSA) is 96.0 Å². The van der Waals surface area contributed by atoms with Gasteiger partial charge in [-0.15, -0.1) is 0 Å². The van der Waals surface area contributed by atoms with Crippen LogP contribution < -0.4 is 15.0 Å². The van der Waals surface area contributed by atoms with Crippen molar-refractivity contribution < 1.29 is 9.53 Å². The molecule has 2 aromatic heterocycles. The summed E-state index contributed by atoms with van der Waals surface area (Å²) in [4.78, 5) is 29.8. The van der Waals surface area contributed by atoms with E-state index in [0.717, 1.165) is 42.0 Å². The van der Waals surface area contributed by atoms with E-state index in [0.29, 0.717) is 12.3 Å². The van der Waals surface area contributed by atoms with E-state index in [1.165, 1.54) is 6.08 Å². The van der Waals surface area contributed by atoms with Gasteiger partial charge in [-0.05, 0) is 25.0 Å². The second-order valence-corrected chi connectivity index (χ2v) is 6.58. The number of hydrogen-bond donors (Lipinski definition) is 2. The third kappa shape index (κ3) is 3.66. The summed E-state index contributed by atoms with van der Waals surface area (Å²) in [7, 11) is 1.60. The van der Waals surface area contributed by atoms with Crippen molar-refractivity contribution in [3.8, 4) is 5.75 Å². The van der Waals surface area contributed by atoms with Gasteiger partial charge in [-0.3, -0.25) is 4.79 Å². The van der Waals surface area contributed by atoms with Crippen LogP contribution >= 0.6 is 0 Å². The van der Waals surface area contributed by atoms with Crippen molar-refractivity contribution in [2.75, 3.05) is 25.1 Å². The van der Waals surface area contributed by atoms with E-state index in [2.05, 4.69) is 30.2 Å². The second kappa shape index (κ2) is 8.08. The molecule has 0 unspecified atom stereocenters. The van der Waals surface area contributed by atoms with Gasteiger partial charge in [-0.1, -0.05) is 18.2 Å². The standard InChI is InChI=1S/C20H22N6O2/c1-21-17(27)9-8-14-5-2-3-7-16(14)28-11-15-6-4-10-26(15)20-18-19(23-12-22-18)24-13-25-20/h2-3,5,7-9,12-13,15H,4,6,10-11H2,1H3,(H,21,27)(H,22,23,24,25)/t15-/m1/s1. The molecule has 3 heterocycles. The molecule has 1 fully saturated rings. The molecule has 1 aliphatic heterocycles. The number of amides is 1. The minimum Gasteiger partial charge on any atom is -0.491 e. The summed E-state index contributed by atoms with van der Waals surface area (Å²) in [6.07, 6.45) is 8.55. The average molecular weight is 378 g/mol. The molecule has 144 valence electrons. The third-order valence-corrected chi connectivity index (χ3v) is 4.86. The first-order chi connectivity index (χ1) is 13.8. The van der Waals surface area contributed by atoms with E-state index >= 15 is 0 Å². The fourth-order valence-corrected chi connectivity index (χ4v) is 3.44. The Kier molecular flexibility index (Phi) is 5.18. The number of anilines is 1. The highest BCUT2D eigenvalue weighted by Gasteiger charge is 2.28. The molecule has 3 aromatic rings. The third-order valence-electron chi connectivity index (χ3n) is 4.86. The number of nitrogens with one attached hydrogen (secondary N) is 2. The predicted molar refractivity (Wildman–Crippen MR) is 107 cm³/mol. The van der Waals surface area contributed by atoms with Crippen molar-refractivity contribution in [1.82, 2.24) is 25.3 Å². The lowest BCUT2D eigenvalue weighted by molar-refractivity contribution is -0.115. The van der Waals surface area contributed by atoms with Crippen LogP contribution in [0.3, 0.4) is 0 Å². The molecule has 8 heteroatoms. The molecule has 0 spiro atoms. The van der Waals surface area contributed by atoms with Crippen molar-refractivity contribution in [3.63, 3.8) is 0 Å². The van der Waals surface area contributed by atoms with E-state index in [1.807, 2.05) is 24.3 Å². The van der Waals surface area contributed by atoms with Gasteiger partial charge in [0.15, 0.2) is 11.5 Å². The minimum atomic E-state index is -0.149. The first-order valence-electron chi connectivity index (χ1n) is 9.28. The molecular weight excluding hydrogens is 356 g/mol. The number of likely N-dealkylation sites (N-methyl/N-ethyl adjacent to an activating group) is 1. The van der Waals surface area contributed by atoms with Crippen molar-refractivity contribution in [3.05, 3.63) is 48.6 Å². The highest BCUT2D eigenvalue weighted by molar-refractivity contribution is 5.91. The van der Waals surface area contributed by atoms with Gasteiger partial charge in [-0.2, -0.15) is 0 Å². The lowest BCUT2D eigenvalue weighted by Crippen LogP contribution is -2.35. The fraction of sp³-hybridized carbons (Fsp3) is 0.300. The first-order valence-corrected chi connectivity index (χ1v) is 9.28. The maximum atomic E-state index is 11.5. The normalized spacial score (nSPS) is 16.8. The van der Waals surface area contributed by atoms with E-state index in [9.17, 15) is 4.79 Å². The molecule has 28 heavy (non-hydrogen) atoms. The van der Waals surface area contributed by atoms with Crippen molar-refractivity contribution in [2.45, 2.75) is 18.9 Å². The first kappa shape index (κ1) is 18.0. The lowest BCUT2D eigenvalue weighted by Gasteiger charge is -2.26. The Morgan fingerprint density at radius 1 is 1.36 bits per heavy atom. The molecule has 0 aliphatic carbocycles. The number of H-pyrrole nitrogens is 1. The summed E-state index contributed by atoms with van der Waals surface area (Å²) in [5, 5.41) is 2.57. The van der Waals surface area contributed by atoms with E-state index in [1.54, 1.807) is 25.8 Å². The average Bonchev–Trinajstić information content (AvgIpc) is 3.40. The zero-order valence-electron chi connectivity index (χ0n) is 15.6. The van der Waals surface area contributed by atoms with Gasteiger partial charge in [0, 0.05) is 25.2 Å². The monoisotopic (exact) mass is 378 g/mol. The van der Waals surface area contributed by atoms with E-state index < -0.39 is 0 Å². The largest absolute Gasteiger partial charge is 0.491 e. The van der Waals surface area contributed by atoms with Crippen molar-refractivity contribution in [1.29, 1.82) is 0 Å².